The Morgan fingerprint density at radius 2 is 1.82 bits per heavy atom. The number of nitrogens with zero attached hydrogens (tertiary/aromatic N) is 1. The van der Waals surface area contributed by atoms with Gasteiger partial charge in [-0.1, -0.05) is 30.3 Å². The van der Waals surface area contributed by atoms with Gasteiger partial charge in [-0.05, 0) is 17.7 Å². The summed E-state index contributed by atoms with van der Waals surface area (Å²) >= 11 is 0. The molecule has 0 fully saturated rings. The molecule has 1 aromatic heterocycles. The Balaban J connectivity index is 1.91. The second kappa shape index (κ2) is 5.32. The normalized spacial score (nSPS) is 12.1. The van der Waals surface area contributed by atoms with Crippen molar-refractivity contribution in [2.45, 2.75) is 12.5 Å². The van der Waals surface area contributed by atoms with E-state index in [0.717, 1.165) is 5.56 Å². The van der Waals surface area contributed by atoms with Gasteiger partial charge in [0.1, 0.15) is 0 Å². The summed E-state index contributed by atoms with van der Waals surface area (Å²) in [6.07, 6.45) is 3.81. The van der Waals surface area contributed by atoms with E-state index in [1.165, 1.54) is 0 Å². The molecule has 0 aliphatic rings. The van der Waals surface area contributed by atoms with Gasteiger partial charge >= 0.3 is 0 Å². The van der Waals surface area contributed by atoms with Crippen LogP contribution in [0.1, 0.15) is 18.0 Å². The summed E-state index contributed by atoms with van der Waals surface area (Å²) in [7, 11) is 0. The summed E-state index contributed by atoms with van der Waals surface area (Å²) < 4.78 is 1.61. The van der Waals surface area contributed by atoms with Gasteiger partial charge in [0, 0.05) is 24.9 Å². The Bertz CT molecular complexity index is 465. The lowest BCUT2D eigenvalue weighted by Gasteiger charge is -2.12. The van der Waals surface area contributed by atoms with Gasteiger partial charge in [0.25, 0.3) is 0 Å². The molecule has 0 saturated heterocycles. The number of aromatic nitrogens is 1. The number of benzene rings is 1. The van der Waals surface area contributed by atoms with E-state index < -0.39 is 0 Å². The summed E-state index contributed by atoms with van der Waals surface area (Å²) in [4.78, 5) is 11.7. The molecule has 0 saturated carbocycles. The predicted molar refractivity (Wildman–Crippen MR) is 66.8 cm³/mol. The average Bonchev–Trinajstić information content (AvgIpc) is 2.82. The molecule has 1 heterocycles. The van der Waals surface area contributed by atoms with Gasteiger partial charge in [-0.15, -0.1) is 0 Å². The Morgan fingerprint density at radius 1 is 1.18 bits per heavy atom. The van der Waals surface area contributed by atoms with Crippen molar-refractivity contribution in [2.75, 3.05) is 5.43 Å². The largest absolute Gasteiger partial charge is 0.324 e. The Hall–Kier alpha value is -2.07. The van der Waals surface area contributed by atoms with E-state index in [1.54, 1.807) is 17.1 Å². The smallest absolute Gasteiger partial charge is 0.240 e. The van der Waals surface area contributed by atoms with Crippen molar-refractivity contribution in [1.82, 2.24) is 4.68 Å². The molecular weight excluding hydrogens is 214 g/mol. The lowest BCUT2D eigenvalue weighted by atomic mass is 10.0. The van der Waals surface area contributed by atoms with Gasteiger partial charge < -0.3 is 5.73 Å². The molecular formula is C13H15N3O. The van der Waals surface area contributed by atoms with Crippen molar-refractivity contribution < 1.29 is 4.79 Å². The summed E-state index contributed by atoms with van der Waals surface area (Å²) in [5, 5.41) is 0. The average molecular weight is 229 g/mol. The molecule has 1 amide bonds. The lowest BCUT2D eigenvalue weighted by Crippen LogP contribution is -2.25. The highest BCUT2D eigenvalue weighted by atomic mass is 16.2. The summed E-state index contributed by atoms with van der Waals surface area (Å²) in [6, 6.07) is 13.0. The van der Waals surface area contributed by atoms with Gasteiger partial charge in [-0.25, -0.2) is 0 Å². The van der Waals surface area contributed by atoms with Gasteiger partial charge in [0.05, 0.1) is 0 Å². The van der Waals surface area contributed by atoms with Crippen LogP contribution in [-0.2, 0) is 4.79 Å². The Morgan fingerprint density at radius 3 is 2.47 bits per heavy atom. The Kier molecular flexibility index (Phi) is 3.57. The third kappa shape index (κ3) is 3.19. The van der Waals surface area contributed by atoms with E-state index in [0.29, 0.717) is 0 Å². The van der Waals surface area contributed by atoms with Crippen LogP contribution in [0.5, 0.6) is 0 Å². The molecule has 0 aliphatic heterocycles. The molecule has 0 radical (unpaired) electrons. The molecule has 88 valence electrons. The van der Waals surface area contributed by atoms with Crippen molar-refractivity contribution in [3.63, 3.8) is 0 Å². The fraction of sp³-hybridized carbons (Fsp3) is 0.154. The second-order valence-corrected chi connectivity index (χ2v) is 3.85. The first-order valence-electron chi connectivity index (χ1n) is 5.49. The van der Waals surface area contributed by atoms with Crippen LogP contribution in [0.2, 0.25) is 0 Å². The standard InChI is InChI=1S/C13H15N3O/c14-12(11-6-2-1-3-7-11)10-13(17)15-16-8-4-5-9-16/h1-9,12H,10,14H2,(H,15,17). The highest BCUT2D eigenvalue weighted by Gasteiger charge is 2.10. The van der Waals surface area contributed by atoms with E-state index >= 15 is 0 Å². The topological polar surface area (TPSA) is 60.1 Å². The number of rotatable bonds is 4. The summed E-state index contributed by atoms with van der Waals surface area (Å²) in [6.45, 7) is 0. The maximum Gasteiger partial charge on any atom is 0.240 e. The zero-order chi connectivity index (χ0) is 12.1. The van der Waals surface area contributed by atoms with Crippen LogP contribution in [-0.4, -0.2) is 10.6 Å². The van der Waals surface area contributed by atoms with Gasteiger partial charge in [0.15, 0.2) is 0 Å². The molecule has 1 aromatic carbocycles. The molecule has 0 spiro atoms. The van der Waals surface area contributed by atoms with Crippen LogP contribution < -0.4 is 11.2 Å². The number of amides is 1. The molecule has 1 unspecified atom stereocenters. The predicted octanol–water partition coefficient (Wildman–Crippen LogP) is 1.65. The molecule has 2 aromatic rings. The minimum absolute atomic E-state index is 0.0995. The highest BCUT2D eigenvalue weighted by Crippen LogP contribution is 2.12. The third-order valence-electron chi connectivity index (χ3n) is 2.49. The fourth-order valence-electron chi connectivity index (χ4n) is 1.62. The molecule has 1 atom stereocenters. The lowest BCUT2D eigenvalue weighted by molar-refractivity contribution is -0.117. The van der Waals surface area contributed by atoms with E-state index in [1.807, 2.05) is 42.5 Å². The number of carbonyl (C=O) groups excluding carboxylic acids is 1. The number of hydrogen-bond donors (Lipinski definition) is 2. The first-order chi connectivity index (χ1) is 8.25. The van der Waals surface area contributed by atoms with Crippen LogP contribution in [0.3, 0.4) is 0 Å². The molecule has 4 heteroatoms. The van der Waals surface area contributed by atoms with Crippen molar-refractivity contribution in [1.29, 1.82) is 0 Å². The molecule has 0 aliphatic carbocycles. The quantitative estimate of drug-likeness (QED) is 0.837. The Labute approximate surface area is 100 Å². The second-order valence-electron chi connectivity index (χ2n) is 3.85. The van der Waals surface area contributed by atoms with Gasteiger partial charge in [-0.2, -0.15) is 0 Å². The number of hydrogen-bond acceptors (Lipinski definition) is 2. The zero-order valence-corrected chi connectivity index (χ0v) is 9.41. The maximum atomic E-state index is 11.7. The van der Waals surface area contributed by atoms with E-state index in [9.17, 15) is 4.79 Å². The first-order valence-corrected chi connectivity index (χ1v) is 5.49. The molecule has 3 N–H and O–H groups in total. The van der Waals surface area contributed by atoms with E-state index in [2.05, 4.69) is 5.43 Å². The van der Waals surface area contributed by atoms with Crippen molar-refractivity contribution in [2.24, 2.45) is 5.73 Å². The summed E-state index contributed by atoms with van der Waals surface area (Å²) in [5.41, 5.74) is 9.64. The van der Waals surface area contributed by atoms with E-state index in [-0.39, 0.29) is 18.4 Å². The fourth-order valence-corrected chi connectivity index (χ4v) is 1.62. The van der Waals surface area contributed by atoms with Gasteiger partial charge in [-0.3, -0.25) is 14.9 Å². The van der Waals surface area contributed by atoms with Crippen LogP contribution in [0.4, 0.5) is 0 Å². The highest BCUT2D eigenvalue weighted by molar-refractivity contribution is 5.84. The van der Waals surface area contributed by atoms with Crippen LogP contribution in [0, 0.1) is 0 Å². The maximum absolute atomic E-state index is 11.7. The summed E-state index contributed by atoms with van der Waals surface area (Å²) in [5.74, 6) is -0.0995. The number of carbonyl (C=O) groups is 1. The molecule has 17 heavy (non-hydrogen) atoms. The van der Waals surface area contributed by atoms with Crippen molar-refractivity contribution >= 4 is 5.91 Å². The molecule has 2 rings (SSSR count). The molecule has 0 bridgehead atoms. The number of nitrogens with one attached hydrogen (secondary N) is 1. The zero-order valence-electron chi connectivity index (χ0n) is 9.41. The third-order valence-corrected chi connectivity index (χ3v) is 2.49. The van der Waals surface area contributed by atoms with Gasteiger partial charge in [0.2, 0.25) is 5.91 Å². The van der Waals surface area contributed by atoms with Crippen LogP contribution >= 0.6 is 0 Å². The monoisotopic (exact) mass is 229 g/mol. The van der Waals surface area contributed by atoms with Crippen LogP contribution in [0.25, 0.3) is 0 Å². The van der Waals surface area contributed by atoms with Crippen LogP contribution in [0.15, 0.2) is 54.9 Å². The van der Waals surface area contributed by atoms with E-state index in [4.69, 9.17) is 5.73 Å². The molecule has 4 nitrogen and oxygen atoms in total. The minimum atomic E-state index is -0.272. The van der Waals surface area contributed by atoms with Crippen molar-refractivity contribution in [3.8, 4) is 0 Å². The van der Waals surface area contributed by atoms with Crippen molar-refractivity contribution in [3.05, 3.63) is 60.4 Å². The minimum Gasteiger partial charge on any atom is -0.324 e. The first kappa shape index (κ1) is 11.4. The number of nitrogens with two attached hydrogens (primary N) is 1. The SMILES string of the molecule is NC(CC(=O)Nn1cccc1)c1ccccc1.